The van der Waals surface area contributed by atoms with E-state index in [0.29, 0.717) is 10.8 Å². The van der Waals surface area contributed by atoms with Crippen molar-refractivity contribution in [2.45, 2.75) is 26.2 Å². The Hall–Kier alpha value is -1.73. The Labute approximate surface area is 124 Å². The predicted octanol–water partition coefficient (Wildman–Crippen LogP) is 3.21. The van der Waals surface area contributed by atoms with Crippen LogP contribution in [0.15, 0.2) is 17.5 Å². The molecule has 0 aliphatic heterocycles. The van der Waals surface area contributed by atoms with Gasteiger partial charge in [-0.1, -0.05) is 31.3 Å². The number of carboxylic acid groups (broad SMARTS) is 1. The molecule has 1 amide bonds. The van der Waals surface area contributed by atoms with Gasteiger partial charge in [0.05, 0.1) is 12.1 Å². The Morgan fingerprint density at radius 2 is 2.20 bits per heavy atom. The number of carbonyl (C=O) groups is 2. The average Bonchev–Trinajstić information content (AvgIpc) is 2.97. The number of rotatable bonds is 5. The van der Waals surface area contributed by atoms with Crippen LogP contribution in [-0.2, 0) is 11.2 Å². The maximum absolute atomic E-state index is 11.9. The second-order valence-electron chi connectivity index (χ2n) is 4.50. The first kappa shape index (κ1) is 14.7. The molecule has 2 aromatic heterocycles. The van der Waals surface area contributed by atoms with Gasteiger partial charge in [0.2, 0.25) is 5.91 Å². The number of carboxylic acids is 1. The summed E-state index contributed by atoms with van der Waals surface area (Å²) in [5, 5.41) is 14.0. The lowest BCUT2D eigenvalue weighted by Gasteiger charge is -2.01. The molecule has 0 spiro atoms. The number of nitrogens with zero attached hydrogens (tertiary/aromatic N) is 1. The molecule has 2 rings (SSSR count). The van der Waals surface area contributed by atoms with E-state index in [0.717, 1.165) is 16.2 Å². The molecule has 0 saturated carbocycles. The third-order valence-electron chi connectivity index (χ3n) is 2.56. The molecule has 0 aliphatic carbocycles. The smallest absolute Gasteiger partial charge is 0.347 e. The van der Waals surface area contributed by atoms with Crippen molar-refractivity contribution in [2.24, 2.45) is 0 Å². The van der Waals surface area contributed by atoms with Gasteiger partial charge in [-0.05, 0) is 17.4 Å². The number of aromatic nitrogens is 1. The van der Waals surface area contributed by atoms with E-state index < -0.39 is 5.97 Å². The van der Waals surface area contributed by atoms with Gasteiger partial charge in [-0.2, -0.15) is 0 Å². The number of aromatic carboxylic acids is 1. The van der Waals surface area contributed by atoms with Crippen LogP contribution < -0.4 is 5.32 Å². The van der Waals surface area contributed by atoms with E-state index >= 15 is 0 Å². The highest BCUT2D eigenvalue weighted by atomic mass is 32.1. The largest absolute Gasteiger partial charge is 0.477 e. The summed E-state index contributed by atoms with van der Waals surface area (Å²) in [6.45, 7) is 3.75. The Morgan fingerprint density at radius 1 is 1.45 bits per heavy atom. The SMILES string of the molecule is CC(C)c1nc(NC(=O)Cc2cccs2)sc1C(=O)O. The maximum atomic E-state index is 11.9. The van der Waals surface area contributed by atoms with Gasteiger partial charge >= 0.3 is 5.97 Å². The highest BCUT2D eigenvalue weighted by Crippen LogP contribution is 2.28. The average molecular weight is 310 g/mol. The summed E-state index contributed by atoms with van der Waals surface area (Å²) >= 11 is 2.51. The van der Waals surface area contributed by atoms with Crippen molar-refractivity contribution in [1.82, 2.24) is 4.98 Å². The summed E-state index contributed by atoms with van der Waals surface area (Å²) in [4.78, 5) is 28.4. The van der Waals surface area contributed by atoms with Crippen molar-refractivity contribution in [3.8, 4) is 0 Å². The normalized spacial score (nSPS) is 10.8. The van der Waals surface area contributed by atoms with E-state index in [-0.39, 0.29) is 23.1 Å². The van der Waals surface area contributed by atoms with E-state index in [9.17, 15) is 9.59 Å². The highest BCUT2D eigenvalue weighted by Gasteiger charge is 2.20. The van der Waals surface area contributed by atoms with Crippen LogP contribution in [0.4, 0.5) is 5.13 Å². The number of nitrogens with one attached hydrogen (secondary N) is 1. The highest BCUT2D eigenvalue weighted by molar-refractivity contribution is 7.17. The van der Waals surface area contributed by atoms with Crippen LogP contribution in [0.1, 0.15) is 40.0 Å². The summed E-state index contributed by atoms with van der Waals surface area (Å²) in [7, 11) is 0. The Balaban J connectivity index is 2.11. The first-order chi connectivity index (χ1) is 9.47. The topological polar surface area (TPSA) is 79.3 Å². The minimum absolute atomic E-state index is 0.000276. The van der Waals surface area contributed by atoms with Crippen molar-refractivity contribution >= 4 is 39.7 Å². The zero-order valence-corrected chi connectivity index (χ0v) is 12.7. The van der Waals surface area contributed by atoms with Crippen molar-refractivity contribution < 1.29 is 14.7 Å². The minimum Gasteiger partial charge on any atom is -0.477 e. The van der Waals surface area contributed by atoms with Gasteiger partial charge in [0.25, 0.3) is 0 Å². The molecule has 0 radical (unpaired) electrons. The number of anilines is 1. The molecule has 2 aromatic rings. The van der Waals surface area contributed by atoms with Crippen LogP contribution in [0.3, 0.4) is 0 Å². The molecule has 0 unspecified atom stereocenters. The van der Waals surface area contributed by atoms with Crippen LogP contribution in [0.2, 0.25) is 0 Å². The van der Waals surface area contributed by atoms with Crippen molar-refractivity contribution in [2.75, 3.05) is 5.32 Å². The molecule has 0 saturated heterocycles. The summed E-state index contributed by atoms with van der Waals surface area (Å²) in [5.41, 5.74) is 0.508. The molecular formula is C13H14N2O3S2. The minimum atomic E-state index is -1.01. The van der Waals surface area contributed by atoms with Gasteiger partial charge < -0.3 is 10.4 Å². The molecule has 5 nitrogen and oxygen atoms in total. The molecule has 0 fully saturated rings. The number of hydrogen-bond acceptors (Lipinski definition) is 5. The van der Waals surface area contributed by atoms with Crippen LogP contribution in [0.5, 0.6) is 0 Å². The molecule has 7 heteroatoms. The van der Waals surface area contributed by atoms with Crippen molar-refractivity contribution in [1.29, 1.82) is 0 Å². The zero-order chi connectivity index (χ0) is 14.7. The molecule has 20 heavy (non-hydrogen) atoms. The van der Waals surface area contributed by atoms with Gasteiger partial charge in [0.15, 0.2) is 5.13 Å². The summed E-state index contributed by atoms with van der Waals surface area (Å²) in [6, 6.07) is 3.77. The van der Waals surface area contributed by atoms with E-state index in [1.807, 2.05) is 31.4 Å². The van der Waals surface area contributed by atoms with Crippen molar-refractivity contribution in [3.05, 3.63) is 33.0 Å². The Kier molecular flexibility index (Phi) is 4.51. The van der Waals surface area contributed by atoms with Gasteiger partial charge in [0, 0.05) is 4.88 Å². The number of amides is 1. The fraction of sp³-hybridized carbons (Fsp3) is 0.308. The molecule has 106 valence electrons. The molecule has 0 atom stereocenters. The lowest BCUT2D eigenvalue weighted by molar-refractivity contribution is -0.115. The lowest BCUT2D eigenvalue weighted by Crippen LogP contribution is -2.13. The molecule has 0 aliphatic rings. The molecule has 2 heterocycles. The summed E-state index contributed by atoms with van der Waals surface area (Å²) in [6.07, 6.45) is 0.274. The number of hydrogen-bond donors (Lipinski definition) is 2. The van der Waals surface area contributed by atoms with E-state index in [1.54, 1.807) is 0 Å². The molecular weight excluding hydrogens is 296 g/mol. The van der Waals surface area contributed by atoms with Gasteiger partial charge in [-0.3, -0.25) is 4.79 Å². The van der Waals surface area contributed by atoms with Crippen LogP contribution in [-0.4, -0.2) is 22.0 Å². The van der Waals surface area contributed by atoms with Crippen LogP contribution in [0, 0.1) is 0 Å². The Morgan fingerprint density at radius 3 is 2.70 bits per heavy atom. The number of thiophene rings is 1. The Bertz CT molecular complexity index is 618. The van der Waals surface area contributed by atoms with E-state index in [2.05, 4.69) is 10.3 Å². The number of thiazole rings is 1. The molecule has 2 N–H and O–H groups in total. The quantitative estimate of drug-likeness (QED) is 0.888. The predicted molar refractivity (Wildman–Crippen MR) is 79.8 cm³/mol. The van der Waals surface area contributed by atoms with Crippen LogP contribution in [0.25, 0.3) is 0 Å². The monoisotopic (exact) mass is 310 g/mol. The molecule has 0 aromatic carbocycles. The van der Waals surface area contributed by atoms with Gasteiger partial charge in [-0.15, -0.1) is 11.3 Å². The van der Waals surface area contributed by atoms with Gasteiger partial charge in [-0.25, -0.2) is 9.78 Å². The van der Waals surface area contributed by atoms with Crippen molar-refractivity contribution in [3.63, 3.8) is 0 Å². The first-order valence-electron chi connectivity index (χ1n) is 6.03. The summed E-state index contributed by atoms with van der Waals surface area (Å²) < 4.78 is 0. The summed E-state index contributed by atoms with van der Waals surface area (Å²) in [5.74, 6) is -1.20. The fourth-order valence-corrected chi connectivity index (χ4v) is 3.34. The lowest BCUT2D eigenvalue weighted by atomic mass is 10.1. The second kappa shape index (κ2) is 6.15. The standard InChI is InChI=1S/C13H14N2O3S2/c1-7(2)10-11(12(17)18)20-13(15-10)14-9(16)6-8-4-3-5-19-8/h3-5,7H,6H2,1-2H3,(H,17,18)(H,14,15,16). The van der Waals surface area contributed by atoms with E-state index in [1.165, 1.54) is 11.3 Å². The third kappa shape index (κ3) is 3.43. The van der Waals surface area contributed by atoms with E-state index in [4.69, 9.17) is 5.11 Å². The van der Waals surface area contributed by atoms with Gasteiger partial charge in [0.1, 0.15) is 4.88 Å². The maximum Gasteiger partial charge on any atom is 0.347 e. The van der Waals surface area contributed by atoms with Crippen LogP contribution >= 0.6 is 22.7 Å². The molecule has 0 bridgehead atoms. The first-order valence-corrected chi connectivity index (χ1v) is 7.73. The fourth-order valence-electron chi connectivity index (χ4n) is 1.66. The number of carbonyl (C=O) groups excluding carboxylic acids is 1. The zero-order valence-electron chi connectivity index (χ0n) is 11.0. The second-order valence-corrected chi connectivity index (χ2v) is 6.53. The third-order valence-corrected chi connectivity index (χ3v) is 4.41.